The summed E-state index contributed by atoms with van der Waals surface area (Å²) in [5.74, 6) is 0.216. The number of hydrogen-bond donors (Lipinski definition) is 1. The average Bonchev–Trinajstić information content (AvgIpc) is 3.27. The van der Waals surface area contributed by atoms with Gasteiger partial charge in [0.2, 0.25) is 0 Å². The number of hydrogen-bond acceptors (Lipinski definition) is 7. The molecule has 0 fully saturated rings. The van der Waals surface area contributed by atoms with E-state index in [1.807, 2.05) is 48.0 Å². The fourth-order valence-electron chi connectivity index (χ4n) is 2.67. The van der Waals surface area contributed by atoms with E-state index in [-0.39, 0.29) is 18.1 Å². The molecule has 1 N–H and O–H groups in total. The third-order valence-electron chi connectivity index (χ3n) is 4.21. The van der Waals surface area contributed by atoms with Crippen LogP contribution in [-0.4, -0.2) is 42.0 Å². The van der Waals surface area contributed by atoms with E-state index >= 15 is 0 Å². The minimum absolute atomic E-state index is 0.250. The first-order valence-electron chi connectivity index (χ1n) is 9.44. The van der Waals surface area contributed by atoms with Crippen LogP contribution < -0.4 is 10.1 Å². The van der Waals surface area contributed by atoms with E-state index in [4.69, 9.17) is 9.47 Å². The highest BCUT2D eigenvalue weighted by molar-refractivity contribution is 7.07. The minimum atomic E-state index is -0.617. The normalized spacial score (nSPS) is 10.3. The van der Waals surface area contributed by atoms with Gasteiger partial charge in [-0.1, -0.05) is 0 Å². The van der Waals surface area contributed by atoms with E-state index in [9.17, 15) is 9.59 Å². The second-order valence-electron chi connectivity index (χ2n) is 6.44. The van der Waals surface area contributed by atoms with Crippen LogP contribution in [0.2, 0.25) is 0 Å². The Morgan fingerprint density at radius 1 is 1.17 bits per heavy atom. The molecule has 0 bridgehead atoms. The van der Waals surface area contributed by atoms with Crippen LogP contribution in [0.25, 0.3) is 0 Å². The number of carbonyl (C=O) groups excluding carboxylic acids is 2. The Morgan fingerprint density at radius 2 is 1.97 bits per heavy atom. The van der Waals surface area contributed by atoms with Gasteiger partial charge in [-0.2, -0.15) is 11.3 Å². The third kappa shape index (κ3) is 5.81. The Morgan fingerprint density at radius 3 is 2.67 bits per heavy atom. The second-order valence-corrected chi connectivity index (χ2v) is 7.22. The zero-order valence-electron chi connectivity index (χ0n) is 16.8. The Balaban J connectivity index is 1.60. The number of anilines is 2. The van der Waals surface area contributed by atoms with Crippen molar-refractivity contribution < 1.29 is 19.1 Å². The van der Waals surface area contributed by atoms with Crippen LogP contribution in [0.15, 0.2) is 59.4 Å². The Labute approximate surface area is 179 Å². The van der Waals surface area contributed by atoms with Gasteiger partial charge in [-0.25, -0.2) is 9.78 Å². The van der Waals surface area contributed by atoms with Crippen LogP contribution in [0.5, 0.6) is 5.75 Å². The second kappa shape index (κ2) is 10.4. The molecule has 0 spiro atoms. The molecular weight excluding hydrogens is 402 g/mol. The monoisotopic (exact) mass is 425 g/mol. The van der Waals surface area contributed by atoms with E-state index in [2.05, 4.69) is 10.3 Å². The third-order valence-corrected chi connectivity index (χ3v) is 4.94. The summed E-state index contributed by atoms with van der Waals surface area (Å²) in [6, 6.07) is 12.5. The molecule has 1 amide bonds. The van der Waals surface area contributed by atoms with Crippen LogP contribution in [0.1, 0.15) is 22.8 Å². The van der Waals surface area contributed by atoms with Crippen LogP contribution >= 0.6 is 11.3 Å². The number of carbonyl (C=O) groups is 2. The van der Waals surface area contributed by atoms with Gasteiger partial charge in [0.15, 0.2) is 6.61 Å². The Kier molecular flexibility index (Phi) is 7.40. The lowest BCUT2D eigenvalue weighted by molar-refractivity contribution is -0.133. The molecule has 0 unspecified atom stereocenters. The topological polar surface area (TPSA) is 80.8 Å². The summed E-state index contributed by atoms with van der Waals surface area (Å²) in [5.41, 5.74) is 2.04. The highest BCUT2D eigenvalue weighted by atomic mass is 32.1. The van der Waals surface area contributed by atoms with Gasteiger partial charge in [0.05, 0.1) is 6.61 Å². The number of likely N-dealkylation sites (N-methyl/N-ethyl adjacent to an activating group) is 1. The molecular formula is C22H23N3O4S. The van der Waals surface area contributed by atoms with Gasteiger partial charge in [0.1, 0.15) is 17.1 Å². The van der Waals surface area contributed by atoms with Gasteiger partial charge < -0.3 is 19.7 Å². The van der Waals surface area contributed by atoms with Gasteiger partial charge >= 0.3 is 5.97 Å². The number of amides is 1. The summed E-state index contributed by atoms with van der Waals surface area (Å²) < 4.78 is 10.7. The summed E-state index contributed by atoms with van der Waals surface area (Å²) in [4.78, 5) is 30.6. The molecule has 30 heavy (non-hydrogen) atoms. The summed E-state index contributed by atoms with van der Waals surface area (Å²) >= 11 is 1.57. The fourth-order valence-corrected chi connectivity index (χ4v) is 3.33. The number of benzene rings is 1. The van der Waals surface area contributed by atoms with E-state index in [1.165, 1.54) is 4.90 Å². The number of esters is 1. The maximum atomic E-state index is 12.5. The van der Waals surface area contributed by atoms with Crippen molar-refractivity contribution in [2.75, 3.05) is 25.6 Å². The number of nitrogens with zero attached hydrogens (tertiary/aromatic N) is 2. The van der Waals surface area contributed by atoms with Crippen LogP contribution in [0.4, 0.5) is 11.5 Å². The highest BCUT2D eigenvalue weighted by Crippen LogP contribution is 2.22. The van der Waals surface area contributed by atoms with Gasteiger partial charge in [-0.3, -0.25) is 4.79 Å². The molecule has 2 heterocycles. The molecule has 0 saturated heterocycles. The van der Waals surface area contributed by atoms with E-state index in [0.717, 1.165) is 17.0 Å². The van der Waals surface area contributed by atoms with E-state index in [0.29, 0.717) is 19.0 Å². The zero-order valence-corrected chi connectivity index (χ0v) is 17.6. The molecule has 0 saturated carbocycles. The van der Waals surface area contributed by atoms with Crippen molar-refractivity contribution in [2.45, 2.75) is 13.5 Å². The lowest BCUT2D eigenvalue weighted by Gasteiger charge is -2.16. The molecule has 0 aliphatic heterocycles. The number of rotatable bonds is 9. The van der Waals surface area contributed by atoms with E-state index in [1.54, 1.807) is 36.7 Å². The van der Waals surface area contributed by atoms with Gasteiger partial charge in [-0.15, -0.1) is 0 Å². The number of ether oxygens (including phenoxy) is 2. The number of aromatic nitrogens is 1. The predicted octanol–water partition coefficient (Wildman–Crippen LogP) is 4.10. The summed E-state index contributed by atoms with van der Waals surface area (Å²) in [7, 11) is 1.68. The number of thiophene rings is 1. The van der Waals surface area contributed by atoms with Crippen molar-refractivity contribution in [1.82, 2.24) is 9.88 Å². The smallest absolute Gasteiger partial charge is 0.342 e. The number of nitrogens with one attached hydrogen (secondary N) is 1. The quantitative estimate of drug-likeness (QED) is 0.520. The molecule has 3 aromatic rings. The first-order chi connectivity index (χ1) is 14.6. The van der Waals surface area contributed by atoms with E-state index < -0.39 is 5.97 Å². The first-order valence-corrected chi connectivity index (χ1v) is 10.4. The molecule has 0 aliphatic rings. The van der Waals surface area contributed by atoms with Crippen molar-refractivity contribution in [3.05, 3.63) is 70.5 Å². The van der Waals surface area contributed by atoms with Gasteiger partial charge in [-0.05, 0) is 65.7 Å². The van der Waals surface area contributed by atoms with Crippen molar-refractivity contribution in [3.63, 3.8) is 0 Å². The average molecular weight is 426 g/mol. The van der Waals surface area contributed by atoms with Crippen molar-refractivity contribution in [1.29, 1.82) is 0 Å². The molecule has 2 aromatic heterocycles. The molecule has 156 valence electrons. The standard InChI is InChI=1S/C22H23N3O4S/c1-3-28-18-8-6-17(7-9-18)24-21-19(5-4-11-23-21)22(27)29-14-20(26)25(2)13-16-10-12-30-15-16/h4-12,15H,3,13-14H2,1-2H3,(H,23,24). The largest absolute Gasteiger partial charge is 0.494 e. The summed E-state index contributed by atoms with van der Waals surface area (Å²) in [5, 5.41) is 7.03. The fraction of sp³-hybridized carbons (Fsp3) is 0.227. The zero-order chi connectivity index (χ0) is 21.3. The maximum Gasteiger partial charge on any atom is 0.342 e. The summed E-state index contributed by atoms with van der Waals surface area (Å²) in [6.45, 7) is 2.64. The van der Waals surface area contributed by atoms with Crippen LogP contribution in [-0.2, 0) is 16.1 Å². The minimum Gasteiger partial charge on any atom is -0.494 e. The molecule has 3 rings (SSSR count). The lowest BCUT2D eigenvalue weighted by Crippen LogP contribution is -2.30. The Hall–Kier alpha value is -3.39. The highest BCUT2D eigenvalue weighted by Gasteiger charge is 2.17. The van der Waals surface area contributed by atoms with Crippen molar-refractivity contribution in [2.24, 2.45) is 0 Å². The molecule has 0 aliphatic carbocycles. The summed E-state index contributed by atoms with van der Waals surface area (Å²) in [6.07, 6.45) is 1.58. The van der Waals surface area contributed by atoms with Crippen LogP contribution in [0, 0.1) is 0 Å². The van der Waals surface area contributed by atoms with Crippen molar-refractivity contribution >= 4 is 34.7 Å². The van der Waals surface area contributed by atoms with Gasteiger partial charge in [0, 0.05) is 25.5 Å². The predicted molar refractivity (Wildman–Crippen MR) is 116 cm³/mol. The Bertz CT molecular complexity index is 974. The molecule has 0 radical (unpaired) electrons. The molecule has 7 nitrogen and oxygen atoms in total. The lowest BCUT2D eigenvalue weighted by atomic mass is 10.2. The number of pyridine rings is 1. The first kappa shape index (κ1) is 21.3. The molecule has 0 atom stereocenters. The molecule has 8 heteroatoms. The van der Waals surface area contributed by atoms with Crippen molar-refractivity contribution in [3.8, 4) is 5.75 Å². The van der Waals surface area contributed by atoms with Crippen LogP contribution in [0.3, 0.4) is 0 Å². The SMILES string of the molecule is CCOc1ccc(Nc2ncccc2C(=O)OCC(=O)N(C)Cc2ccsc2)cc1. The molecule has 1 aromatic carbocycles. The van der Waals surface area contributed by atoms with Gasteiger partial charge in [0.25, 0.3) is 5.91 Å². The maximum absolute atomic E-state index is 12.5.